The number of aryl methyl sites for hydroxylation is 2. The summed E-state index contributed by atoms with van der Waals surface area (Å²) in [4.78, 5) is 8.37. The number of sulfonamides is 1. The van der Waals surface area contributed by atoms with Crippen LogP contribution < -0.4 is 15.4 Å². The second kappa shape index (κ2) is 9.56. The molecule has 190 valence electrons. The molecule has 5 rings (SSSR count). The highest BCUT2D eigenvalue weighted by molar-refractivity contribution is 7.92. The SMILES string of the molecule is O=S(=O)(Nc1ccc2cc1CCc1cccc(c1)Nc1ncc(Cl)c(n1)N2)c1ccc(C(F)(F)F)cc1. The van der Waals surface area contributed by atoms with E-state index in [9.17, 15) is 21.6 Å². The molecule has 1 aliphatic heterocycles. The molecule has 0 saturated heterocycles. The molecule has 1 aromatic heterocycles. The van der Waals surface area contributed by atoms with Crippen LogP contribution in [-0.4, -0.2) is 18.4 Å². The van der Waals surface area contributed by atoms with Crippen molar-refractivity contribution in [1.29, 1.82) is 0 Å². The fraction of sp³-hybridized carbons (Fsp3) is 0.120. The minimum atomic E-state index is -4.56. The fourth-order valence-corrected chi connectivity index (χ4v) is 5.11. The maximum atomic E-state index is 13.0. The van der Waals surface area contributed by atoms with Gasteiger partial charge in [0.25, 0.3) is 10.0 Å². The zero-order valence-corrected chi connectivity index (χ0v) is 20.5. The molecule has 37 heavy (non-hydrogen) atoms. The average molecular weight is 546 g/mol. The summed E-state index contributed by atoms with van der Waals surface area (Å²) in [6, 6.07) is 16.0. The van der Waals surface area contributed by atoms with Crippen LogP contribution in [0.25, 0.3) is 0 Å². The summed E-state index contributed by atoms with van der Waals surface area (Å²) in [7, 11) is -4.15. The van der Waals surface area contributed by atoms with Crippen molar-refractivity contribution in [3.05, 3.63) is 94.6 Å². The van der Waals surface area contributed by atoms with Crippen LogP contribution in [0.15, 0.2) is 77.8 Å². The third-order valence-electron chi connectivity index (χ3n) is 5.71. The third-order valence-corrected chi connectivity index (χ3v) is 7.37. The Bertz CT molecular complexity index is 1580. The first kappa shape index (κ1) is 24.8. The molecule has 7 nitrogen and oxygen atoms in total. The van der Waals surface area contributed by atoms with E-state index in [1.807, 2.05) is 24.3 Å². The molecular formula is C25H19ClF3N5O2S. The van der Waals surface area contributed by atoms with E-state index < -0.39 is 21.8 Å². The van der Waals surface area contributed by atoms with Gasteiger partial charge in [-0.15, -0.1) is 0 Å². The van der Waals surface area contributed by atoms with Crippen molar-refractivity contribution < 1.29 is 21.6 Å². The predicted molar refractivity (Wildman–Crippen MR) is 136 cm³/mol. The number of aromatic nitrogens is 2. The van der Waals surface area contributed by atoms with Crippen LogP contribution >= 0.6 is 11.6 Å². The van der Waals surface area contributed by atoms with Gasteiger partial charge in [0.05, 0.1) is 22.3 Å². The molecular weight excluding hydrogens is 527 g/mol. The maximum absolute atomic E-state index is 13.0. The van der Waals surface area contributed by atoms with Gasteiger partial charge >= 0.3 is 6.18 Å². The zero-order valence-electron chi connectivity index (χ0n) is 19.0. The highest BCUT2D eigenvalue weighted by Gasteiger charge is 2.30. The topological polar surface area (TPSA) is 96.0 Å². The number of hydrogen-bond acceptors (Lipinski definition) is 6. The molecule has 0 saturated carbocycles. The number of nitrogens with one attached hydrogen (secondary N) is 3. The number of rotatable bonds is 3. The molecule has 0 unspecified atom stereocenters. The first-order valence-corrected chi connectivity index (χ1v) is 12.9. The largest absolute Gasteiger partial charge is 0.416 e. The smallest absolute Gasteiger partial charge is 0.339 e. The molecule has 1 aliphatic rings. The monoisotopic (exact) mass is 545 g/mol. The third kappa shape index (κ3) is 5.62. The summed E-state index contributed by atoms with van der Waals surface area (Å²) in [6.45, 7) is 0. The van der Waals surface area contributed by atoms with Crippen molar-refractivity contribution in [3.8, 4) is 0 Å². The van der Waals surface area contributed by atoms with Crippen molar-refractivity contribution in [2.75, 3.05) is 15.4 Å². The lowest BCUT2D eigenvalue weighted by Gasteiger charge is -2.16. The van der Waals surface area contributed by atoms with E-state index in [4.69, 9.17) is 11.6 Å². The average Bonchev–Trinajstić information content (AvgIpc) is 2.86. The summed E-state index contributed by atoms with van der Waals surface area (Å²) in [6.07, 6.45) is -2.03. The van der Waals surface area contributed by atoms with E-state index in [1.54, 1.807) is 18.2 Å². The van der Waals surface area contributed by atoms with Crippen LogP contribution in [0.4, 0.5) is 42.0 Å². The molecule has 6 bridgehead atoms. The van der Waals surface area contributed by atoms with Crippen LogP contribution in [0.1, 0.15) is 16.7 Å². The summed E-state index contributed by atoms with van der Waals surface area (Å²) in [5, 5.41) is 6.57. The Balaban J connectivity index is 1.51. The number of benzene rings is 3. The Morgan fingerprint density at radius 3 is 2.43 bits per heavy atom. The molecule has 12 heteroatoms. The van der Waals surface area contributed by atoms with E-state index >= 15 is 0 Å². The molecule has 4 aromatic rings. The van der Waals surface area contributed by atoms with Crippen molar-refractivity contribution >= 4 is 50.5 Å². The molecule has 0 radical (unpaired) electrons. The number of anilines is 5. The van der Waals surface area contributed by atoms with Gasteiger partial charge in [0.2, 0.25) is 5.95 Å². The van der Waals surface area contributed by atoms with Crippen LogP contribution in [0.2, 0.25) is 5.02 Å². The molecule has 0 amide bonds. The van der Waals surface area contributed by atoms with Crippen molar-refractivity contribution in [1.82, 2.24) is 9.97 Å². The van der Waals surface area contributed by atoms with Gasteiger partial charge < -0.3 is 10.6 Å². The summed E-state index contributed by atoms with van der Waals surface area (Å²) >= 11 is 6.28. The van der Waals surface area contributed by atoms with E-state index in [1.165, 1.54) is 6.20 Å². The highest BCUT2D eigenvalue weighted by Crippen LogP contribution is 2.32. The molecule has 0 atom stereocenters. The quantitative estimate of drug-likeness (QED) is 0.271. The minimum Gasteiger partial charge on any atom is -0.339 e. The number of hydrogen-bond donors (Lipinski definition) is 3. The Labute approximate surface area is 215 Å². The first-order valence-electron chi connectivity index (χ1n) is 11.1. The summed E-state index contributed by atoms with van der Waals surface area (Å²) in [5.41, 5.74) is 2.44. The minimum absolute atomic E-state index is 0.279. The van der Waals surface area contributed by atoms with Crippen LogP contribution in [-0.2, 0) is 29.0 Å². The van der Waals surface area contributed by atoms with Crippen LogP contribution in [0.3, 0.4) is 0 Å². The fourth-order valence-electron chi connectivity index (χ4n) is 3.87. The highest BCUT2D eigenvalue weighted by atomic mass is 35.5. The van der Waals surface area contributed by atoms with Gasteiger partial charge in [-0.3, -0.25) is 4.72 Å². The molecule has 0 aliphatic carbocycles. The van der Waals surface area contributed by atoms with Crippen molar-refractivity contribution in [2.24, 2.45) is 0 Å². The number of alkyl halides is 3. The molecule has 0 fully saturated rings. The van der Waals surface area contributed by atoms with Gasteiger partial charge in [-0.05, 0) is 78.6 Å². The summed E-state index contributed by atoms with van der Waals surface area (Å²) < 4.78 is 67.2. The number of fused-ring (bicyclic) bond motifs is 6. The van der Waals surface area contributed by atoms with Crippen molar-refractivity contribution in [2.45, 2.75) is 23.9 Å². The van der Waals surface area contributed by atoms with Gasteiger partial charge in [0.15, 0.2) is 5.82 Å². The Kier molecular flexibility index (Phi) is 6.42. The number of nitrogens with zero attached hydrogens (tertiary/aromatic N) is 2. The lowest BCUT2D eigenvalue weighted by molar-refractivity contribution is -0.137. The van der Waals surface area contributed by atoms with E-state index in [0.29, 0.717) is 46.6 Å². The Morgan fingerprint density at radius 2 is 1.68 bits per heavy atom. The van der Waals surface area contributed by atoms with E-state index in [0.717, 1.165) is 35.5 Å². The van der Waals surface area contributed by atoms with E-state index in [-0.39, 0.29) is 4.90 Å². The standard InChI is InChI=1S/C25H19ClF3N5O2S/c26-21-14-30-24-32-18-3-1-2-15(12-18)4-5-16-13-19(31-23(21)33-24)8-11-22(16)34-37(35,36)20-9-6-17(7-10-20)25(27,28)29/h1-3,6-14,34H,4-5H2,(H2,30,31,32,33). The summed E-state index contributed by atoms with van der Waals surface area (Å²) in [5.74, 6) is 0.711. The molecule has 2 heterocycles. The lowest BCUT2D eigenvalue weighted by Crippen LogP contribution is -2.15. The molecule has 0 spiro atoms. The van der Waals surface area contributed by atoms with Gasteiger partial charge in [0.1, 0.15) is 5.02 Å². The second-order valence-corrected chi connectivity index (χ2v) is 10.4. The van der Waals surface area contributed by atoms with Gasteiger partial charge in [-0.1, -0.05) is 23.7 Å². The second-order valence-electron chi connectivity index (χ2n) is 8.34. The zero-order chi connectivity index (χ0) is 26.2. The number of halogens is 4. The Morgan fingerprint density at radius 1 is 0.919 bits per heavy atom. The normalized spacial score (nSPS) is 13.3. The Hall–Kier alpha value is -3.83. The van der Waals surface area contributed by atoms with Gasteiger partial charge in [-0.2, -0.15) is 18.2 Å². The van der Waals surface area contributed by atoms with Crippen molar-refractivity contribution in [3.63, 3.8) is 0 Å². The van der Waals surface area contributed by atoms with Crippen LogP contribution in [0, 0.1) is 0 Å². The van der Waals surface area contributed by atoms with Crippen LogP contribution in [0.5, 0.6) is 0 Å². The molecule has 3 N–H and O–H groups in total. The first-order chi connectivity index (χ1) is 17.6. The van der Waals surface area contributed by atoms with Gasteiger partial charge in [0, 0.05) is 11.4 Å². The maximum Gasteiger partial charge on any atom is 0.416 e. The molecule has 3 aromatic carbocycles. The predicted octanol–water partition coefficient (Wildman–Crippen LogP) is 6.54. The van der Waals surface area contributed by atoms with E-state index in [2.05, 4.69) is 25.3 Å². The van der Waals surface area contributed by atoms with Gasteiger partial charge in [-0.25, -0.2) is 13.4 Å². The lowest BCUT2D eigenvalue weighted by atomic mass is 10.0.